The first kappa shape index (κ1) is 12.7. The predicted octanol–water partition coefficient (Wildman–Crippen LogP) is 5.44. The zero-order valence-electron chi connectivity index (χ0n) is 9.79. The Kier molecular flexibility index (Phi) is 4.25. The SMILES string of the molecule is CCC1C=CC(=Nc2c(Cl)cccc2Cl)CC1. The molecule has 90 valence electrons. The molecule has 0 saturated heterocycles. The Morgan fingerprint density at radius 3 is 2.53 bits per heavy atom. The van der Waals surface area contributed by atoms with Gasteiger partial charge in [-0.3, -0.25) is 4.99 Å². The topological polar surface area (TPSA) is 12.4 Å². The van der Waals surface area contributed by atoms with Crippen LogP contribution in [0.5, 0.6) is 0 Å². The Morgan fingerprint density at radius 2 is 2.00 bits per heavy atom. The highest BCUT2D eigenvalue weighted by molar-refractivity contribution is 6.39. The van der Waals surface area contributed by atoms with Crippen LogP contribution in [0.15, 0.2) is 35.3 Å². The zero-order chi connectivity index (χ0) is 12.3. The van der Waals surface area contributed by atoms with E-state index in [4.69, 9.17) is 23.2 Å². The van der Waals surface area contributed by atoms with E-state index in [0.717, 1.165) is 18.6 Å². The fourth-order valence-corrected chi connectivity index (χ4v) is 2.41. The van der Waals surface area contributed by atoms with Crippen LogP contribution in [0.3, 0.4) is 0 Å². The summed E-state index contributed by atoms with van der Waals surface area (Å²) in [6.45, 7) is 2.21. The van der Waals surface area contributed by atoms with Crippen molar-refractivity contribution >= 4 is 34.6 Å². The van der Waals surface area contributed by atoms with Crippen LogP contribution in [0.2, 0.25) is 10.0 Å². The van der Waals surface area contributed by atoms with Crippen LogP contribution in [0.1, 0.15) is 26.2 Å². The maximum absolute atomic E-state index is 6.09. The predicted molar refractivity (Wildman–Crippen MR) is 75.7 cm³/mol. The van der Waals surface area contributed by atoms with Crippen LogP contribution in [0.4, 0.5) is 5.69 Å². The molecule has 0 saturated carbocycles. The van der Waals surface area contributed by atoms with Gasteiger partial charge in [-0.15, -0.1) is 0 Å². The lowest BCUT2D eigenvalue weighted by molar-refractivity contribution is 0.580. The van der Waals surface area contributed by atoms with Gasteiger partial charge in [0.05, 0.1) is 10.0 Å². The van der Waals surface area contributed by atoms with E-state index in [1.165, 1.54) is 6.42 Å². The van der Waals surface area contributed by atoms with E-state index in [-0.39, 0.29) is 0 Å². The molecule has 1 aliphatic carbocycles. The average Bonchev–Trinajstić information content (AvgIpc) is 2.35. The molecular weight excluding hydrogens is 253 g/mol. The van der Waals surface area contributed by atoms with E-state index in [2.05, 4.69) is 24.1 Å². The highest BCUT2D eigenvalue weighted by Gasteiger charge is 2.11. The molecule has 3 heteroatoms. The van der Waals surface area contributed by atoms with Crippen molar-refractivity contribution in [1.82, 2.24) is 0 Å². The van der Waals surface area contributed by atoms with Gasteiger partial charge >= 0.3 is 0 Å². The number of aliphatic imine (C=N–C) groups is 1. The number of rotatable bonds is 2. The highest BCUT2D eigenvalue weighted by atomic mass is 35.5. The van der Waals surface area contributed by atoms with Gasteiger partial charge in [-0.2, -0.15) is 0 Å². The molecular formula is C14H15Cl2N. The van der Waals surface area contributed by atoms with Crippen LogP contribution < -0.4 is 0 Å². The summed E-state index contributed by atoms with van der Waals surface area (Å²) in [7, 11) is 0. The number of allylic oxidation sites excluding steroid dienone is 2. The molecule has 0 radical (unpaired) electrons. The Morgan fingerprint density at radius 1 is 1.29 bits per heavy atom. The van der Waals surface area contributed by atoms with Crippen molar-refractivity contribution in [3.8, 4) is 0 Å². The van der Waals surface area contributed by atoms with E-state index >= 15 is 0 Å². The van der Waals surface area contributed by atoms with Gasteiger partial charge in [0.25, 0.3) is 0 Å². The lowest BCUT2D eigenvalue weighted by atomic mass is 9.93. The molecule has 1 unspecified atom stereocenters. The monoisotopic (exact) mass is 267 g/mol. The minimum atomic E-state index is 0.607. The number of nitrogens with zero attached hydrogens (tertiary/aromatic N) is 1. The summed E-state index contributed by atoms with van der Waals surface area (Å²) >= 11 is 12.2. The van der Waals surface area contributed by atoms with Crippen molar-refractivity contribution < 1.29 is 0 Å². The Labute approximate surface area is 112 Å². The quantitative estimate of drug-likeness (QED) is 0.677. The van der Waals surface area contributed by atoms with Crippen molar-refractivity contribution in [2.75, 3.05) is 0 Å². The molecule has 1 nitrogen and oxygen atoms in total. The summed E-state index contributed by atoms with van der Waals surface area (Å²) < 4.78 is 0. The standard InChI is InChI=1S/C14H15Cl2N/c1-2-10-6-8-11(9-7-10)17-14-12(15)4-3-5-13(14)16/h3-6,8,10H,2,7,9H2,1H3. The second-order valence-corrected chi connectivity index (χ2v) is 5.05. The average molecular weight is 268 g/mol. The second kappa shape index (κ2) is 5.70. The van der Waals surface area contributed by atoms with Crippen molar-refractivity contribution in [1.29, 1.82) is 0 Å². The van der Waals surface area contributed by atoms with Gasteiger partial charge in [0, 0.05) is 5.71 Å². The third-order valence-corrected chi connectivity index (χ3v) is 3.66. The number of hydrogen-bond acceptors (Lipinski definition) is 1. The lowest BCUT2D eigenvalue weighted by Crippen LogP contribution is -2.06. The molecule has 17 heavy (non-hydrogen) atoms. The zero-order valence-corrected chi connectivity index (χ0v) is 11.3. The highest BCUT2D eigenvalue weighted by Crippen LogP contribution is 2.33. The number of para-hydroxylation sites is 1. The minimum absolute atomic E-state index is 0.607. The number of benzene rings is 1. The third-order valence-electron chi connectivity index (χ3n) is 3.05. The molecule has 0 aliphatic heterocycles. The molecule has 2 rings (SSSR count). The van der Waals surface area contributed by atoms with Gasteiger partial charge in [-0.1, -0.05) is 42.3 Å². The maximum Gasteiger partial charge on any atom is 0.100 e. The normalized spacial score (nSPS) is 22.1. The third kappa shape index (κ3) is 3.11. The van der Waals surface area contributed by atoms with Gasteiger partial charge < -0.3 is 0 Å². The summed E-state index contributed by atoms with van der Waals surface area (Å²) in [6.07, 6.45) is 7.67. The maximum atomic E-state index is 6.09. The summed E-state index contributed by atoms with van der Waals surface area (Å²) in [5.41, 5.74) is 1.75. The molecule has 1 aromatic rings. The summed E-state index contributed by atoms with van der Waals surface area (Å²) in [6, 6.07) is 5.46. The van der Waals surface area contributed by atoms with Gasteiger partial charge in [-0.05, 0) is 43.4 Å². The van der Waals surface area contributed by atoms with Crippen LogP contribution in [-0.2, 0) is 0 Å². The molecule has 0 bridgehead atoms. The van der Waals surface area contributed by atoms with Crippen LogP contribution in [0.25, 0.3) is 0 Å². The van der Waals surface area contributed by atoms with Gasteiger partial charge in [0.15, 0.2) is 0 Å². The van der Waals surface area contributed by atoms with Crippen LogP contribution in [0, 0.1) is 5.92 Å². The first-order chi connectivity index (χ1) is 8.20. The van der Waals surface area contributed by atoms with Crippen molar-refractivity contribution in [2.45, 2.75) is 26.2 Å². The first-order valence-electron chi connectivity index (χ1n) is 5.90. The van der Waals surface area contributed by atoms with E-state index in [1.54, 1.807) is 0 Å². The smallest absolute Gasteiger partial charge is 0.100 e. The number of halogens is 2. The van der Waals surface area contributed by atoms with E-state index in [9.17, 15) is 0 Å². The minimum Gasteiger partial charge on any atom is -0.250 e. The molecule has 0 amide bonds. The van der Waals surface area contributed by atoms with Gasteiger partial charge in [0.1, 0.15) is 5.69 Å². The van der Waals surface area contributed by atoms with E-state index in [0.29, 0.717) is 21.7 Å². The van der Waals surface area contributed by atoms with Crippen molar-refractivity contribution in [3.63, 3.8) is 0 Å². The fourth-order valence-electron chi connectivity index (χ4n) is 1.93. The largest absolute Gasteiger partial charge is 0.250 e. The summed E-state index contributed by atoms with van der Waals surface area (Å²) in [4.78, 5) is 4.55. The molecule has 0 spiro atoms. The van der Waals surface area contributed by atoms with Crippen molar-refractivity contribution in [2.24, 2.45) is 10.9 Å². The van der Waals surface area contributed by atoms with Crippen molar-refractivity contribution in [3.05, 3.63) is 40.4 Å². The molecule has 1 aliphatic rings. The summed E-state index contributed by atoms with van der Waals surface area (Å²) in [5, 5.41) is 1.21. The Hall–Kier alpha value is -0.790. The van der Waals surface area contributed by atoms with Crippen LogP contribution in [-0.4, -0.2) is 5.71 Å². The molecule has 1 atom stereocenters. The lowest BCUT2D eigenvalue weighted by Gasteiger charge is -2.15. The Bertz CT molecular complexity index is 443. The number of hydrogen-bond donors (Lipinski definition) is 0. The fraction of sp³-hybridized carbons (Fsp3) is 0.357. The van der Waals surface area contributed by atoms with E-state index in [1.807, 2.05) is 18.2 Å². The first-order valence-corrected chi connectivity index (χ1v) is 6.66. The second-order valence-electron chi connectivity index (χ2n) is 4.24. The summed E-state index contributed by atoms with van der Waals surface area (Å²) in [5.74, 6) is 0.690. The molecule has 0 N–H and O–H groups in total. The molecule has 0 fully saturated rings. The van der Waals surface area contributed by atoms with Gasteiger partial charge in [0.2, 0.25) is 0 Å². The van der Waals surface area contributed by atoms with Crippen LogP contribution >= 0.6 is 23.2 Å². The molecule has 0 aromatic heterocycles. The van der Waals surface area contributed by atoms with Gasteiger partial charge in [-0.25, -0.2) is 0 Å². The van der Waals surface area contributed by atoms with E-state index < -0.39 is 0 Å². The molecule has 1 aromatic carbocycles. The molecule has 0 heterocycles. The Balaban J connectivity index is 2.26.